The second-order valence-corrected chi connectivity index (χ2v) is 7.56. The molecule has 0 aromatic rings. The van der Waals surface area contributed by atoms with E-state index in [2.05, 4.69) is 6.92 Å². The summed E-state index contributed by atoms with van der Waals surface area (Å²) in [6, 6.07) is 0. The molecule has 0 saturated carbocycles. The number of aldehydes is 1. The zero-order valence-electron chi connectivity index (χ0n) is 16.3. The van der Waals surface area contributed by atoms with Gasteiger partial charge in [-0.15, -0.1) is 0 Å². The standard InChI is InChI=1S/C22H44O/c1-3-4-5-6-7-8-9-10-11-12-13-14-15-16-17-18-19-20-22(2)21-23/h21-22H,3-20H2,1-2H3. The van der Waals surface area contributed by atoms with Crippen molar-refractivity contribution in [2.24, 2.45) is 5.92 Å². The predicted octanol–water partition coefficient (Wildman–Crippen LogP) is 7.86. The van der Waals surface area contributed by atoms with Gasteiger partial charge in [-0.1, -0.05) is 123 Å². The van der Waals surface area contributed by atoms with Crippen LogP contribution in [0.4, 0.5) is 0 Å². The second kappa shape index (κ2) is 19.7. The van der Waals surface area contributed by atoms with E-state index in [4.69, 9.17) is 0 Å². The molecule has 0 aliphatic heterocycles. The Kier molecular flexibility index (Phi) is 19.4. The molecule has 0 aromatic heterocycles. The van der Waals surface area contributed by atoms with Crippen molar-refractivity contribution in [1.82, 2.24) is 0 Å². The Morgan fingerprint density at radius 2 is 0.870 bits per heavy atom. The number of carbonyl (C=O) groups is 1. The SMILES string of the molecule is CCCCCCCCCCCCCCCCCCCC(C)C=O. The third-order valence-corrected chi connectivity index (χ3v) is 5.00. The molecule has 0 saturated heterocycles. The number of hydrogen-bond donors (Lipinski definition) is 0. The van der Waals surface area contributed by atoms with Gasteiger partial charge >= 0.3 is 0 Å². The summed E-state index contributed by atoms with van der Waals surface area (Å²) in [4.78, 5) is 10.5. The Labute approximate surface area is 147 Å². The predicted molar refractivity (Wildman–Crippen MR) is 104 cm³/mol. The first-order valence-corrected chi connectivity index (χ1v) is 10.8. The van der Waals surface area contributed by atoms with Crippen molar-refractivity contribution in [3.8, 4) is 0 Å². The molecule has 1 heteroatoms. The molecule has 0 radical (unpaired) electrons. The van der Waals surface area contributed by atoms with Gasteiger partial charge in [0.2, 0.25) is 0 Å². The van der Waals surface area contributed by atoms with Gasteiger partial charge in [-0.25, -0.2) is 0 Å². The van der Waals surface area contributed by atoms with E-state index in [1.54, 1.807) is 0 Å². The first-order chi connectivity index (χ1) is 11.3. The van der Waals surface area contributed by atoms with E-state index in [1.807, 2.05) is 6.92 Å². The van der Waals surface area contributed by atoms with Crippen molar-refractivity contribution in [3.63, 3.8) is 0 Å². The van der Waals surface area contributed by atoms with Crippen molar-refractivity contribution in [3.05, 3.63) is 0 Å². The van der Waals surface area contributed by atoms with Crippen LogP contribution < -0.4 is 0 Å². The van der Waals surface area contributed by atoms with Gasteiger partial charge in [0, 0.05) is 5.92 Å². The molecular formula is C22H44O. The summed E-state index contributed by atoms with van der Waals surface area (Å²) in [6.45, 7) is 4.32. The smallest absolute Gasteiger partial charge is 0.122 e. The topological polar surface area (TPSA) is 17.1 Å². The molecule has 0 heterocycles. The Morgan fingerprint density at radius 3 is 1.17 bits per heavy atom. The van der Waals surface area contributed by atoms with Crippen molar-refractivity contribution < 1.29 is 4.79 Å². The number of unbranched alkanes of at least 4 members (excludes halogenated alkanes) is 16. The number of rotatable bonds is 19. The third-order valence-electron chi connectivity index (χ3n) is 5.00. The minimum Gasteiger partial charge on any atom is -0.303 e. The Bertz CT molecular complexity index is 224. The first kappa shape index (κ1) is 22.7. The summed E-state index contributed by atoms with van der Waals surface area (Å²) in [5.74, 6) is 0.270. The van der Waals surface area contributed by atoms with Crippen molar-refractivity contribution in [1.29, 1.82) is 0 Å². The fourth-order valence-corrected chi connectivity index (χ4v) is 3.26. The van der Waals surface area contributed by atoms with Crippen LogP contribution in [-0.2, 0) is 4.79 Å². The summed E-state index contributed by atoms with van der Waals surface area (Å²) < 4.78 is 0. The maximum atomic E-state index is 10.5. The van der Waals surface area contributed by atoms with E-state index in [1.165, 1.54) is 109 Å². The van der Waals surface area contributed by atoms with E-state index < -0.39 is 0 Å². The average Bonchev–Trinajstić information content (AvgIpc) is 2.57. The number of carbonyl (C=O) groups excluding carboxylic acids is 1. The first-order valence-electron chi connectivity index (χ1n) is 10.8. The Morgan fingerprint density at radius 1 is 0.565 bits per heavy atom. The average molecular weight is 325 g/mol. The summed E-state index contributed by atoms with van der Waals surface area (Å²) in [5.41, 5.74) is 0. The molecular weight excluding hydrogens is 280 g/mol. The maximum Gasteiger partial charge on any atom is 0.122 e. The summed E-state index contributed by atoms with van der Waals surface area (Å²) in [5, 5.41) is 0. The van der Waals surface area contributed by atoms with Gasteiger partial charge in [0.1, 0.15) is 6.29 Å². The molecule has 1 atom stereocenters. The minimum absolute atomic E-state index is 0.270. The molecule has 1 unspecified atom stereocenters. The molecule has 1 nitrogen and oxygen atoms in total. The zero-order chi connectivity index (χ0) is 17.0. The normalized spacial score (nSPS) is 12.4. The van der Waals surface area contributed by atoms with E-state index >= 15 is 0 Å². The van der Waals surface area contributed by atoms with Crippen LogP contribution in [0.25, 0.3) is 0 Å². The Hall–Kier alpha value is -0.330. The van der Waals surface area contributed by atoms with Crippen LogP contribution in [0.5, 0.6) is 0 Å². The summed E-state index contributed by atoms with van der Waals surface area (Å²) in [6.07, 6.45) is 26.2. The minimum atomic E-state index is 0.270. The molecule has 0 bridgehead atoms. The Balaban J connectivity index is 2.99. The van der Waals surface area contributed by atoms with Gasteiger partial charge in [0.05, 0.1) is 0 Å². The molecule has 0 rings (SSSR count). The van der Waals surface area contributed by atoms with Crippen LogP contribution >= 0.6 is 0 Å². The number of hydrogen-bond acceptors (Lipinski definition) is 1. The van der Waals surface area contributed by atoms with E-state index in [0.717, 1.165) is 12.7 Å². The van der Waals surface area contributed by atoms with Gasteiger partial charge in [0.15, 0.2) is 0 Å². The molecule has 138 valence electrons. The third kappa shape index (κ3) is 19.6. The highest BCUT2D eigenvalue weighted by atomic mass is 16.1. The van der Waals surface area contributed by atoms with E-state index in [-0.39, 0.29) is 5.92 Å². The molecule has 0 aliphatic carbocycles. The van der Waals surface area contributed by atoms with Crippen molar-refractivity contribution >= 4 is 6.29 Å². The molecule has 0 aromatic carbocycles. The van der Waals surface area contributed by atoms with Crippen molar-refractivity contribution in [2.75, 3.05) is 0 Å². The highest BCUT2D eigenvalue weighted by molar-refractivity contribution is 5.52. The maximum absolute atomic E-state index is 10.5. The fraction of sp³-hybridized carbons (Fsp3) is 0.955. The van der Waals surface area contributed by atoms with Gasteiger partial charge in [-0.3, -0.25) is 0 Å². The lowest BCUT2D eigenvalue weighted by atomic mass is 10.0. The molecule has 0 aliphatic rings. The molecule has 0 N–H and O–H groups in total. The second-order valence-electron chi connectivity index (χ2n) is 7.56. The molecule has 0 fully saturated rings. The quantitative estimate of drug-likeness (QED) is 0.174. The van der Waals surface area contributed by atoms with E-state index in [9.17, 15) is 4.79 Å². The zero-order valence-corrected chi connectivity index (χ0v) is 16.3. The van der Waals surface area contributed by atoms with Gasteiger partial charge in [0.25, 0.3) is 0 Å². The largest absolute Gasteiger partial charge is 0.303 e. The molecule has 0 spiro atoms. The lowest BCUT2D eigenvalue weighted by molar-refractivity contribution is -0.110. The van der Waals surface area contributed by atoms with Gasteiger partial charge in [-0.2, -0.15) is 0 Å². The summed E-state index contributed by atoms with van der Waals surface area (Å²) in [7, 11) is 0. The lowest BCUT2D eigenvalue weighted by Crippen LogP contribution is -1.94. The lowest BCUT2D eigenvalue weighted by Gasteiger charge is -2.04. The summed E-state index contributed by atoms with van der Waals surface area (Å²) >= 11 is 0. The van der Waals surface area contributed by atoms with Crippen LogP contribution in [-0.4, -0.2) is 6.29 Å². The van der Waals surface area contributed by atoms with Crippen LogP contribution in [0.1, 0.15) is 129 Å². The molecule has 0 amide bonds. The van der Waals surface area contributed by atoms with Crippen molar-refractivity contribution in [2.45, 2.75) is 129 Å². The highest BCUT2D eigenvalue weighted by Crippen LogP contribution is 2.14. The van der Waals surface area contributed by atoms with E-state index in [0.29, 0.717) is 0 Å². The van der Waals surface area contributed by atoms with Crippen LogP contribution in [0.15, 0.2) is 0 Å². The van der Waals surface area contributed by atoms with Gasteiger partial charge in [-0.05, 0) is 6.42 Å². The van der Waals surface area contributed by atoms with Crippen LogP contribution in [0.3, 0.4) is 0 Å². The van der Waals surface area contributed by atoms with Crippen LogP contribution in [0, 0.1) is 5.92 Å². The fourth-order valence-electron chi connectivity index (χ4n) is 3.26. The van der Waals surface area contributed by atoms with Gasteiger partial charge < -0.3 is 4.79 Å². The van der Waals surface area contributed by atoms with Crippen LogP contribution in [0.2, 0.25) is 0 Å². The highest BCUT2D eigenvalue weighted by Gasteiger charge is 1.99. The monoisotopic (exact) mass is 324 g/mol. The molecule has 23 heavy (non-hydrogen) atoms.